The summed E-state index contributed by atoms with van der Waals surface area (Å²) in [5.41, 5.74) is 0.848. The Labute approximate surface area is 186 Å². The van der Waals surface area contributed by atoms with Crippen molar-refractivity contribution in [3.8, 4) is 17.3 Å². The summed E-state index contributed by atoms with van der Waals surface area (Å²) in [7, 11) is 0. The van der Waals surface area contributed by atoms with E-state index < -0.39 is 5.97 Å². The topological polar surface area (TPSA) is 95.0 Å². The molecule has 32 heavy (non-hydrogen) atoms. The van der Waals surface area contributed by atoms with Crippen molar-refractivity contribution in [2.45, 2.75) is 51.8 Å². The third kappa shape index (κ3) is 5.01. The van der Waals surface area contributed by atoms with Gasteiger partial charge in [0.25, 0.3) is 5.91 Å². The molecular weight excluding hydrogens is 412 g/mol. The first-order chi connectivity index (χ1) is 15.5. The summed E-state index contributed by atoms with van der Waals surface area (Å²) in [6, 6.07) is 12.1. The molecule has 3 heterocycles. The van der Waals surface area contributed by atoms with Crippen LogP contribution in [-0.2, 0) is 16.1 Å². The molecular formula is C24H26N2O6. The number of likely N-dealkylation sites (tertiary alicyclic amines) is 1. The second kappa shape index (κ2) is 9.72. The molecule has 2 aromatic heterocycles. The number of nitrogens with zero attached hydrogens (tertiary/aromatic N) is 2. The lowest BCUT2D eigenvalue weighted by molar-refractivity contribution is -0.139. The summed E-state index contributed by atoms with van der Waals surface area (Å²) in [4.78, 5) is 26.8. The highest BCUT2D eigenvalue weighted by Gasteiger charge is 2.29. The van der Waals surface area contributed by atoms with Crippen LogP contribution in [0.15, 0.2) is 57.7 Å². The van der Waals surface area contributed by atoms with E-state index in [0.717, 1.165) is 19.3 Å². The lowest BCUT2D eigenvalue weighted by Crippen LogP contribution is -2.49. The van der Waals surface area contributed by atoms with E-state index in [9.17, 15) is 9.59 Å². The van der Waals surface area contributed by atoms with Gasteiger partial charge in [-0.05, 0) is 69.5 Å². The Kier molecular flexibility index (Phi) is 6.58. The minimum absolute atomic E-state index is 0.0188. The molecule has 0 N–H and O–H groups in total. The highest BCUT2D eigenvalue weighted by molar-refractivity contribution is 5.89. The molecule has 0 spiro atoms. The monoisotopic (exact) mass is 438 g/mol. The van der Waals surface area contributed by atoms with Crippen molar-refractivity contribution in [2.75, 3.05) is 6.61 Å². The van der Waals surface area contributed by atoms with Crippen molar-refractivity contribution in [1.82, 2.24) is 10.1 Å². The van der Waals surface area contributed by atoms with Crippen LogP contribution in [-0.4, -0.2) is 40.6 Å². The third-order valence-corrected chi connectivity index (χ3v) is 5.61. The first-order valence-electron chi connectivity index (χ1n) is 10.7. The van der Waals surface area contributed by atoms with Gasteiger partial charge in [-0.2, -0.15) is 0 Å². The number of benzene rings is 1. The summed E-state index contributed by atoms with van der Waals surface area (Å²) in [6.07, 6.45) is 4.72. The molecule has 4 rings (SSSR count). The van der Waals surface area contributed by atoms with Gasteiger partial charge in [-0.15, -0.1) is 0 Å². The molecule has 1 amide bonds. The number of esters is 1. The molecule has 8 heteroatoms. The third-order valence-electron chi connectivity index (χ3n) is 5.61. The predicted octanol–water partition coefficient (Wildman–Crippen LogP) is 4.46. The average Bonchev–Trinajstić information content (AvgIpc) is 3.48. The summed E-state index contributed by atoms with van der Waals surface area (Å²) in [5, 5.41) is 3.87. The predicted molar refractivity (Wildman–Crippen MR) is 115 cm³/mol. The molecule has 1 aromatic carbocycles. The fraction of sp³-hybridized carbons (Fsp3) is 0.375. The number of amides is 1. The van der Waals surface area contributed by atoms with Gasteiger partial charge < -0.3 is 23.3 Å². The fourth-order valence-electron chi connectivity index (χ4n) is 3.96. The zero-order chi connectivity index (χ0) is 22.5. The summed E-state index contributed by atoms with van der Waals surface area (Å²) in [6.45, 7) is 4.10. The first kappa shape index (κ1) is 21.7. The molecule has 0 aliphatic carbocycles. The minimum atomic E-state index is -0.494. The molecule has 1 aliphatic heterocycles. The molecule has 1 aliphatic rings. The van der Waals surface area contributed by atoms with E-state index in [1.807, 2.05) is 4.90 Å². The number of hydrogen-bond donors (Lipinski definition) is 0. The molecule has 0 bridgehead atoms. The molecule has 1 fully saturated rings. The van der Waals surface area contributed by atoms with Crippen LogP contribution in [0.2, 0.25) is 0 Å². The zero-order valence-electron chi connectivity index (χ0n) is 18.2. The van der Waals surface area contributed by atoms with Crippen LogP contribution in [0.5, 0.6) is 5.75 Å². The van der Waals surface area contributed by atoms with E-state index in [1.165, 1.54) is 6.26 Å². The number of ether oxygens (including phenoxy) is 2. The van der Waals surface area contributed by atoms with Gasteiger partial charge in [0.05, 0.1) is 11.8 Å². The SMILES string of the molecule is CC1CCCC(C)N1C(=O)COc1ccc(C(=O)OCc2cc(-c3ccco3)on2)cc1. The highest BCUT2D eigenvalue weighted by atomic mass is 16.5. The molecule has 0 saturated carbocycles. The number of carbonyl (C=O) groups is 2. The second-order valence-electron chi connectivity index (χ2n) is 7.98. The van der Waals surface area contributed by atoms with Crippen LogP contribution < -0.4 is 4.74 Å². The molecule has 8 nitrogen and oxygen atoms in total. The van der Waals surface area contributed by atoms with E-state index >= 15 is 0 Å². The maximum atomic E-state index is 12.6. The Bertz CT molecular complexity index is 1030. The lowest BCUT2D eigenvalue weighted by Gasteiger charge is -2.38. The van der Waals surface area contributed by atoms with Crippen LogP contribution in [0, 0.1) is 0 Å². The van der Waals surface area contributed by atoms with E-state index in [1.54, 1.807) is 42.5 Å². The van der Waals surface area contributed by atoms with Gasteiger partial charge in [-0.1, -0.05) is 5.16 Å². The Morgan fingerprint density at radius 1 is 1.09 bits per heavy atom. The molecule has 0 radical (unpaired) electrons. The second-order valence-corrected chi connectivity index (χ2v) is 7.98. The van der Waals surface area contributed by atoms with Gasteiger partial charge in [-0.25, -0.2) is 4.79 Å². The smallest absolute Gasteiger partial charge is 0.338 e. The number of rotatable bonds is 7. The number of furan rings is 1. The van der Waals surface area contributed by atoms with Crippen molar-refractivity contribution in [1.29, 1.82) is 0 Å². The van der Waals surface area contributed by atoms with E-state index in [2.05, 4.69) is 19.0 Å². The summed E-state index contributed by atoms with van der Waals surface area (Å²) in [5.74, 6) is 1.02. The lowest BCUT2D eigenvalue weighted by atomic mass is 9.97. The van der Waals surface area contributed by atoms with Crippen LogP contribution >= 0.6 is 0 Å². The van der Waals surface area contributed by atoms with Crippen molar-refractivity contribution in [3.05, 3.63) is 60.0 Å². The van der Waals surface area contributed by atoms with Gasteiger partial charge in [0.15, 0.2) is 12.4 Å². The van der Waals surface area contributed by atoms with E-state index in [4.69, 9.17) is 18.4 Å². The van der Waals surface area contributed by atoms with E-state index in [0.29, 0.717) is 28.5 Å². The van der Waals surface area contributed by atoms with Crippen LogP contribution in [0.25, 0.3) is 11.5 Å². The summed E-state index contributed by atoms with van der Waals surface area (Å²) >= 11 is 0. The van der Waals surface area contributed by atoms with Gasteiger partial charge in [0.2, 0.25) is 5.76 Å². The van der Waals surface area contributed by atoms with Crippen LogP contribution in [0.1, 0.15) is 49.2 Å². The minimum Gasteiger partial charge on any atom is -0.484 e. The highest BCUT2D eigenvalue weighted by Crippen LogP contribution is 2.23. The normalized spacial score (nSPS) is 18.4. The zero-order valence-corrected chi connectivity index (χ0v) is 18.2. The van der Waals surface area contributed by atoms with Crippen LogP contribution in [0.4, 0.5) is 0 Å². The number of carbonyl (C=O) groups excluding carboxylic acids is 2. The van der Waals surface area contributed by atoms with Gasteiger partial charge in [-0.3, -0.25) is 4.79 Å². The first-order valence-corrected chi connectivity index (χ1v) is 10.7. The van der Waals surface area contributed by atoms with Gasteiger partial charge >= 0.3 is 5.97 Å². The molecule has 2 unspecified atom stereocenters. The Morgan fingerprint density at radius 2 is 1.84 bits per heavy atom. The van der Waals surface area contributed by atoms with Crippen molar-refractivity contribution >= 4 is 11.9 Å². The average molecular weight is 438 g/mol. The maximum Gasteiger partial charge on any atom is 0.338 e. The molecule has 1 saturated heterocycles. The molecule has 3 aromatic rings. The largest absolute Gasteiger partial charge is 0.484 e. The summed E-state index contributed by atoms with van der Waals surface area (Å²) < 4.78 is 21.4. The van der Waals surface area contributed by atoms with Crippen molar-refractivity contribution < 1.29 is 28.0 Å². The number of aromatic nitrogens is 1. The van der Waals surface area contributed by atoms with Gasteiger partial charge in [0.1, 0.15) is 18.1 Å². The molecule has 168 valence electrons. The van der Waals surface area contributed by atoms with Crippen molar-refractivity contribution in [3.63, 3.8) is 0 Å². The standard InChI is InChI=1S/C24H26N2O6/c1-16-5-3-6-17(2)26(16)23(27)15-30-20-10-8-18(9-11-20)24(28)31-14-19-13-22(32-25-19)21-7-4-12-29-21/h4,7-13,16-17H,3,5-6,14-15H2,1-2H3. The maximum absolute atomic E-state index is 12.6. The Morgan fingerprint density at radius 3 is 2.53 bits per heavy atom. The fourth-order valence-corrected chi connectivity index (χ4v) is 3.96. The van der Waals surface area contributed by atoms with Crippen LogP contribution in [0.3, 0.4) is 0 Å². The number of hydrogen-bond acceptors (Lipinski definition) is 7. The van der Waals surface area contributed by atoms with Gasteiger partial charge in [0, 0.05) is 18.2 Å². The van der Waals surface area contributed by atoms with Crippen molar-refractivity contribution in [2.24, 2.45) is 0 Å². The Balaban J connectivity index is 1.26. The Hall–Kier alpha value is -3.55. The quantitative estimate of drug-likeness (QED) is 0.503. The van der Waals surface area contributed by atoms with E-state index in [-0.39, 0.29) is 31.2 Å². The molecule has 2 atom stereocenters. The number of piperidine rings is 1.